The largest absolute Gasteiger partial charge is 0.447 e. The normalized spacial score (nSPS) is 17.5. The molecular weight excluding hydrogens is 292 g/mol. The van der Waals surface area contributed by atoms with Crippen LogP contribution in [0.4, 0.5) is 0 Å². The third kappa shape index (κ3) is 5.10. The van der Waals surface area contributed by atoms with Gasteiger partial charge in [-0.25, -0.2) is 13.1 Å². The third-order valence-electron chi connectivity index (χ3n) is 3.30. The minimum absolute atomic E-state index is 0.0182. The molecule has 7 heteroatoms. The summed E-state index contributed by atoms with van der Waals surface area (Å²) in [5, 5.41) is 3.20. The summed E-state index contributed by atoms with van der Waals surface area (Å²) in [6, 6.07) is 3.14. The van der Waals surface area contributed by atoms with Crippen molar-refractivity contribution in [2.75, 3.05) is 19.8 Å². The van der Waals surface area contributed by atoms with Crippen molar-refractivity contribution in [1.82, 2.24) is 10.0 Å². The fourth-order valence-electron chi connectivity index (χ4n) is 2.17. The second kappa shape index (κ2) is 7.40. The maximum Gasteiger partial charge on any atom is 0.274 e. The van der Waals surface area contributed by atoms with E-state index in [9.17, 15) is 8.42 Å². The Balaban J connectivity index is 1.92. The van der Waals surface area contributed by atoms with Crippen molar-refractivity contribution >= 4 is 10.0 Å². The zero-order valence-electron chi connectivity index (χ0n) is 12.6. The molecule has 0 radical (unpaired) electrons. The van der Waals surface area contributed by atoms with Crippen LogP contribution in [0.1, 0.15) is 32.4 Å². The molecule has 21 heavy (non-hydrogen) atoms. The van der Waals surface area contributed by atoms with Crippen LogP contribution in [0.5, 0.6) is 0 Å². The second-order valence-corrected chi connectivity index (χ2v) is 7.40. The van der Waals surface area contributed by atoms with Gasteiger partial charge in [-0.1, -0.05) is 13.8 Å². The molecule has 0 atom stereocenters. The number of hydrogen-bond donors (Lipinski definition) is 2. The summed E-state index contributed by atoms with van der Waals surface area (Å²) in [6.07, 6.45) is 1.39. The van der Waals surface area contributed by atoms with Crippen molar-refractivity contribution in [1.29, 1.82) is 0 Å². The number of sulfonamides is 1. The molecule has 1 aliphatic heterocycles. The van der Waals surface area contributed by atoms with Crippen LogP contribution < -0.4 is 10.0 Å². The van der Waals surface area contributed by atoms with Crippen molar-refractivity contribution < 1.29 is 17.6 Å². The lowest BCUT2D eigenvalue weighted by Gasteiger charge is -2.22. The van der Waals surface area contributed by atoms with Crippen molar-refractivity contribution in [2.45, 2.75) is 44.4 Å². The monoisotopic (exact) mass is 316 g/mol. The van der Waals surface area contributed by atoms with Crippen LogP contribution in [-0.2, 0) is 21.3 Å². The Kier molecular flexibility index (Phi) is 5.80. The summed E-state index contributed by atoms with van der Waals surface area (Å²) in [4.78, 5) is 0. The Labute approximate surface area is 126 Å². The summed E-state index contributed by atoms with van der Waals surface area (Å²) in [5.74, 6) is 1.17. The topological polar surface area (TPSA) is 80.6 Å². The van der Waals surface area contributed by atoms with Gasteiger partial charge in [0.1, 0.15) is 5.76 Å². The molecular formula is C14H24N2O4S. The van der Waals surface area contributed by atoms with E-state index in [-0.39, 0.29) is 11.1 Å². The lowest BCUT2D eigenvalue weighted by Crippen LogP contribution is -2.38. The number of nitrogens with one attached hydrogen (secondary N) is 2. The van der Waals surface area contributed by atoms with E-state index in [0.29, 0.717) is 44.3 Å². The number of furan rings is 1. The van der Waals surface area contributed by atoms with E-state index in [0.717, 1.165) is 6.54 Å². The molecule has 1 aromatic heterocycles. The van der Waals surface area contributed by atoms with Crippen molar-refractivity contribution in [2.24, 2.45) is 5.92 Å². The first kappa shape index (κ1) is 16.5. The number of ether oxygens (including phenoxy) is 1. The Morgan fingerprint density at radius 2 is 2.00 bits per heavy atom. The maximum absolute atomic E-state index is 12.2. The summed E-state index contributed by atoms with van der Waals surface area (Å²) in [7, 11) is -3.58. The van der Waals surface area contributed by atoms with E-state index < -0.39 is 10.0 Å². The molecule has 0 spiro atoms. The summed E-state index contributed by atoms with van der Waals surface area (Å²) >= 11 is 0. The molecule has 0 saturated carbocycles. The minimum Gasteiger partial charge on any atom is -0.447 e. The average molecular weight is 316 g/mol. The van der Waals surface area contributed by atoms with Gasteiger partial charge in [0.2, 0.25) is 5.09 Å². The molecule has 120 valence electrons. The lowest BCUT2D eigenvalue weighted by molar-refractivity contribution is 0.0831. The highest BCUT2D eigenvalue weighted by Gasteiger charge is 2.24. The van der Waals surface area contributed by atoms with Crippen LogP contribution >= 0.6 is 0 Å². The van der Waals surface area contributed by atoms with Crippen LogP contribution in [0.3, 0.4) is 0 Å². The molecule has 0 aliphatic carbocycles. The van der Waals surface area contributed by atoms with Crippen LogP contribution in [0, 0.1) is 5.92 Å². The molecule has 2 heterocycles. The first-order chi connectivity index (χ1) is 9.97. The van der Waals surface area contributed by atoms with E-state index >= 15 is 0 Å². The molecule has 0 unspecified atom stereocenters. The maximum atomic E-state index is 12.2. The fourth-order valence-corrected chi connectivity index (χ4v) is 3.43. The molecule has 1 saturated heterocycles. The van der Waals surface area contributed by atoms with Gasteiger partial charge >= 0.3 is 0 Å². The Morgan fingerprint density at radius 3 is 2.67 bits per heavy atom. The highest BCUT2D eigenvalue weighted by molar-refractivity contribution is 7.89. The zero-order valence-corrected chi connectivity index (χ0v) is 13.4. The number of hydrogen-bond acceptors (Lipinski definition) is 5. The Bertz CT molecular complexity index is 533. The van der Waals surface area contributed by atoms with E-state index in [1.54, 1.807) is 6.07 Å². The molecule has 2 N–H and O–H groups in total. The predicted molar refractivity (Wildman–Crippen MR) is 79.4 cm³/mol. The second-order valence-electron chi connectivity index (χ2n) is 5.75. The SMILES string of the molecule is CC(C)CNCc1ccc(S(=O)(=O)NC2CCOCC2)o1. The minimum atomic E-state index is -3.58. The van der Waals surface area contributed by atoms with Crippen molar-refractivity contribution in [3.05, 3.63) is 17.9 Å². The first-order valence-electron chi connectivity index (χ1n) is 7.37. The van der Waals surface area contributed by atoms with Gasteiger partial charge in [0.25, 0.3) is 10.0 Å². The third-order valence-corrected chi connectivity index (χ3v) is 4.69. The zero-order chi connectivity index (χ0) is 15.3. The lowest BCUT2D eigenvalue weighted by atomic mass is 10.1. The van der Waals surface area contributed by atoms with Crippen LogP contribution in [-0.4, -0.2) is 34.2 Å². The Morgan fingerprint density at radius 1 is 1.29 bits per heavy atom. The van der Waals surface area contributed by atoms with Gasteiger partial charge in [-0.3, -0.25) is 0 Å². The van der Waals surface area contributed by atoms with Crippen LogP contribution in [0.25, 0.3) is 0 Å². The van der Waals surface area contributed by atoms with E-state index in [2.05, 4.69) is 23.9 Å². The van der Waals surface area contributed by atoms with Crippen LogP contribution in [0.15, 0.2) is 21.6 Å². The van der Waals surface area contributed by atoms with Crippen LogP contribution in [0.2, 0.25) is 0 Å². The predicted octanol–water partition coefficient (Wildman–Crippen LogP) is 1.48. The van der Waals surface area contributed by atoms with Gasteiger partial charge in [-0.05, 0) is 37.4 Å². The van der Waals surface area contributed by atoms with Gasteiger partial charge in [0.05, 0.1) is 6.54 Å². The summed E-state index contributed by atoms with van der Waals surface area (Å²) < 4.78 is 37.8. The van der Waals surface area contributed by atoms with Gasteiger partial charge in [-0.2, -0.15) is 0 Å². The van der Waals surface area contributed by atoms with E-state index in [1.807, 2.05) is 0 Å². The first-order valence-corrected chi connectivity index (χ1v) is 8.85. The molecule has 0 bridgehead atoms. The van der Waals surface area contributed by atoms with Gasteiger partial charge in [0.15, 0.2) is 0 Å². The quantitative estimate of drug-likeness (QED) is 0.796. The molecule has 6 nitrogen and oxygen atoms in total. The van der Waals surface area contributed by atoms with Gasteiger partial charge < -0.3 is 14.5 Å². The standard InChI is InChI=1S/C14H24N2O4S/c1-11(2)9-15-10-13-3-4-14(20-13)21(17,18)16-12-5-7-19-8-6-12/h3-4,11-12,15-16H,5-10H2,1-2H3. The summed E-state index contributed by atoms with van der Waals surface area (Å²) in [5.41, 5.74) is 0. The molecule has 1 aliphatic rings. The van der Waals surface area contributed by atoms with Gasteiger partial charge in [0, 0.05) is 19.3 Å². The van der Waals surface area contributed by atoms with Crippen molar-refractivity contribution in [3.8, 4) is 0 Å². The molecule has 0 amide bonds. The van der Waals surface area contributed by atoms with Crippen molar-refractivity contribution in [3.63, 3.8) is 0 Å². The highest BCUT2D eigenvalue weighted by atomic mass is 32.2. The molecule has 1 fully saturated rings. The molecule has 0 aromatic carbocycles. The summed E-state index contributed by atoms with van der Waals surface area (Å²) in [6.45, 7) is 6.81. The molecule has 2 rings (SSSR count). The highest BCUT2D eigenvalue weighted by Crippen LogP contribution is 2.16. The van der Waals surface area contributed by atoms with Gasteiger partial charge in [-0.15, -0.1) is 0 Å². The Hall–Kier alpha value is -0.890. The number of rotatable bonds is 7. The molecule has 1 aromatic rings. The smallest absolute Gasteiger partial charge is 0.274 e. The fraction of sp³-hybridized carbons (Fsp3) is 0.714. The van der Waals surface area contributed by atoms with E-state index in [1.165, 1.54) is 6.07 Å². The van der Waals surface area contributed by atoms with E-state index in [4.69, 9.17) is 9.15 Å². The average Bonchev–Trinajstić information content (AvgIpc) is 2.88.